The van der Waals surface area contributed by atoms with Crippen molar-refractivity contribution in [3.05, 3.63) is 29.3 Å². The lowest BCUT2D eigenvalue weighted by Crippen LogP contribution is -2.44. The molecule has 0 aromatic heterocycles. The van der Waals surface area contributed by atoms with Crippen molar-refractivity contribution < 1.29 is 9.59 Å². The molecule has 0 atom stereocenters. The van der Waals surface area contributed by atoms with E-state index in [2.05, 4.69) is 5.32 Å². The minimum absolute atomic E-state index is 0.139. The van der Waals surface area contributed by atoms with Gasteiger partial charge in [-0.05, 0) is 49.7 Å². The fraction of sp³-hybridized carbons (Fsp3) is 0.500. The summed E-state index contributed by atoms with van der Waals surface area (Å²) in [5.74, 6) is 0.313. The normalized spacial score (nSPS) is 19.2. The van der Waals surface area contributed by atoms with Crippen LogP contribution >= 0.6 is 0 Å². The molecule has 2 aliphatic rings. The molecule has 4 nitrogen and oxygen atoms in total. The van der Waals surface area contributed by atoms with Crippen LogP contribution in [0.15, 0.2) is 18.2 Å². The second kappa shape index (κ2) is 5.37. The van der Waals surface area contributed by atoms with Crippen LogP contribution in [-0.4, -0.2) is 30.8 Å². The van der Waals surface area contributed by atoms with Crippen molar-refractivity contribution in [2.45, 2.75) is 38.6 Å². The smallest absolute Gasteiger partial charge is 0.231 e. The molecule has 0 aliphatic carbocycles. The zero-order valence-electron chi connectivity index (χ0n) is 11.8. The monoisotopic (exact) mass is 272 g/mol. The van der Waals surface area contributed by atoms with Crippen LogP contribution in [0, 0.1) is 0 Å². The third kappa shape index (κ3) is 2.24. The SMILES string of the molecule is CCC(=O)c1ccc2c(c1)CC(=O)N2C1CCNCC1. The van der Waals surface area contributed by atoms with Gasteiger partial charge in [-0.15, -0.1) is 0 Å². The Balaban J connectivity index is 1.90. The maximum atomic E-state index is 12.3. The van der Waals surface area contributed by atoms with Crippen LogP contribution in [0.1, 0.15) is 42.1 Å². The number of hydrogen-bond acceptors (Lipinski definition) is 3. The van der Waals surface area contributed by atoms with Gasteiger partial charge in [0.25, 0.3) is 0 Å². The minimum Gasteiger partial charge on any atom is -0.317 e. The fourth-order valence-electron chi connectivity index (χ4n) is 3.19. The van der Waals surface area contributed by atoms with Crippen molar-refractivity contribution in [2.75, 3.05) is 18.0 Å². The summed E-state index contributed by atoms with van der Waals surface area (Å²) in [6, 6.07) is 6.01. The molecule has 1 amide bonds. The van der Waals surface area contributed by atoms with Gasteiger partial charge in [-0.3, -0.25) is 9.59 Å². The lowest BCUT2D eigenvalue weighted by molar-refractivity contribution is -0.117. The van der Waals surface area contributed by atoms with Gasteiger partial charge < -0.3 is 10.2 Å². The molecule has 4 heteroatoms. The Morgan fingerprint density at radius 1 is 1.35 bits per heavy atom. The summed E-state index contributed by atoms with van der Waals surface area (Å²) < 4.78 is 0. The van der Waals surface area contributed by atoms with Gasteiger partial charge in [-0.1, -0.05) is 6.92 Å². The maximum absolute atomic E-state index is 12.3. The highest BCUT2D eigenvalue weighted by Crippen LogP contribution is 2.33. The number of carbonyl (C=O) groups excluding carboxylic acids is 2. The van der Waals surface area contributed by atoms with Crippen molar-refractivity contribution in [3.8, 4) is 0 Å². The number of Topliss-reactive ketones (excluding diaryl/α,β-unsaturated/α-hetero) is 1. The molecular weight excluding hydrogens is 252 g/mol. The number of hydrogen-bond donors (Lipinski definition) is 1. The molecule has 1 aromatic carbocycles. The van der Waals surface area contributed by atoms with Crippen molar-refractivity contribution in [1.29, 1.82) is 0 Å². The van der Waals surface area contributed by atoms with Gasteiger partial charge in [-0.2, -0.15) is 0 Å². The van der Waals surface area contributed by atoms with E-state index in [9.17, 15) is 9.59 Å². The molecule has 106 valence electrons. The van der Waals surface area contributed by atoms with E-state index in [1.54, 1.807) is 0 Å². The standard InChI is InChI=1S/C16H20N2O2/c1-2-15(19)11-3-4-14-12(9-11)10-16(20)18(14)13-5-7-17-8-6-13/h3-4,9,13,17H,2,5-8,10H2,1H3. The first-order valence-corrected chi connectivity index (χ1v) is 7.39. The second-order valence-electron chi connectivity index (χ2n) is 5.54. The van der Waals surface area contributed by atoms with Crippen LogP contribution in [0.25, 0.3) is 0 Å². The molecule has 0 unspecified atom stereocenters. The van der Waals surface area contributed by atoms with E-state index in [-0.39, 0.29) is 11.7 Å². The molecule has 3 rings (SSSR count). The van der Waals surface area contributed by atoms with Crippen LogP contribution in [-0.2, 0) is 11.2 Å². The number of ketones is 1. The Morgan fingerprint density at radius 3 is 2.80 bits per heavy atom. The summed E-state index contributed by atoms with van der Waals surface area (Å²) in [6.07, 6.45) is 2.94. The maximum Gasteiger partial charge on any atom is 0.231 e. The summed E-state index contributed by atoms with van der Waals surface area (Å²) in [4.78, 5) is 26.0. The molecule has 1 fully saturated rings. The molecular formula is C16H20N2O2. The number of rotatable bonds is 3. The zero-order valence-corrected chi connectivity index (χ0v) is 11.8. The van der Waals surface area contributed by atoms with E-state index in [0.717, 1.165) is 42.7 Å². The predicted octanol–water partition coefficient (Wildman–Crippen LogP) is 1.92. The Labute approximate surface area is 119 Å². The van der Waals surface area contributed by atoms with Gasteiger partial charge in [0.1, 0.15) is 0 Å². The van der Waals surface area contributed by atoms with E-state index < -0.39 is 0 Å². The average molecular weight is 272 g/mol. The summed E-state index contributed by atoms with van der Waals surface area (Å²) >= 11 is 0. The molecule has 0 bridgehead atoms. The number of fused-ring (bicyclic) bond motifs is 1. The molecule has 20 heavy (non-hydrogen) atoms. The second-order valence-corrected chi connectivity index (χ2v) is 5.54. The molecule has 0 radical (unpaired) electrons. The Kier molecular flexibility index (Phi) is 3.57. The number of amides is 1. The summed E-state index contributed by atoms with van der Waals surface area (Å²) in [7, 11) is 0. The number of nitrogens with one attached hydrogen (secondary N) is 1. The first kappa shape index (κ1) is 13.3. The topological polar surface area (TPSA) is 49.4 Å². The van der Waals surface area contributed by atoms with E-state index >= 15 is 0 Å². The van der Waals surface area contributed by atoms with Gasteiger partial charge in [0.15, 0.2) is 5.78 Å². The van der Waals surface area contributed by atoms with E-state index in [0.29, 0.717) is 18.9 Å². The molecule has 2 aliphatic heterocycles. The first-order valence-electron chi connectivity index (χ1n) is 7.39. The largest absolute Gasteiger partial charge is 0.317 e. The lowest BCUT2D eigenvalue weighted by atomic mass is 10.0. The minimum atomic E-state index is 0.139. The number of benzene rings is 1. The Hall–Kier alpha value is -1.68. The van der Waals surface area contributed by atoms with Gasteiger partial charge in [0.2, 0.25) is 5.91 Å². The van der Waals surface area contributed by atoms with Gasteiger partial charge in [-0.25, -0.2) is 0 Å². The van der Waals surface area contributed by atoms with Gasteiger partial charge in [0, 0.05) is 23.7 Å². The summed E-state index contributed by atoms with van der Waals surface area (Å²) in [5.41, 5.74) is 2.74. The van der Waals surface area contributed by atoms with E-state index in [1.165, 1.54) is 0 Å². The highest BCUT2D eigenvalue weighted by molar-refractivity contribution is 6.04. The van der Waals surface area contributed by atoms with Crippen LogP contribution in [0.5, 0.6) is 0 Å². The fourth-order valence-corrected chi connectivity index (χ4v) is 3.19. The third-order valence-electron chi connectivity index (χ3n) is 4.27. The van der Waals surface area contributed by atoms with Gasteiger partial charge in [0.05, 0.1) is 6.42 Å². The predicted molar refractivity (Wildman–Crippen MR) is 78.1 cm³/mol. The van der Waals surface area contributed by atoms with E-state index in [4.69, 9.17) is 0 Å². The zero-order chi connectivity index (χ0) is 14.1. The van der Waals surface area contributed by atoms with Crippen molar-refractivity contribution >= 4 is 17.4 Å². The van der Waals surface area contributed by atoms with Crippen LogP contribution in [0.2, 0.25) is 0 Å². The molecule has 0 spiro atoms. The van der Waals surface area contributed by atoms with Crippen molar-refractivity contribution in [3.63, 3.8) is 0 Å². The third-order valence-corrected chi connectivity index (χ3v) is 4.27. The summed E-state index contributed by atoms with van der Waals surface area (Å²) in [6.45, 7) is 3.80. The highest BCUT2D eigenvalue weighted by Gasteiger charge is 2.33. The molecule has 1 aromatic rings. The molecule has 1 saturated heterocycles. The van der Waals surface area contributed by atoms with Gasteiger partial charge >= 0.3 is 0 Å². The Bertz CT molecular complexity index is 547. The van der Waals surface area contributed by atoms with Crippen LogP contribution in [0.3, 0.4) is 0 Å². The molecule has 0 saturated carbocycles. The lowest BCUT2D eigenvalue weighted by Gasteiger charge is -2.32. The molecule has 2 heterocycles. The summed E-state index contributed by atoms with van der Waals surface area (Å²) in [5, 5.41) is 3.33. The quantitative estimate of drug-likeness (QED) is 0.855. The van der Waals surface area contributed by atoms with Crippen LogP contribution < -0.4 is 10.2 Å². The highest BCUT2D eigenvalue weighted by atomic mass is 16.2. The number of piperidine rings is 1. The van der Waals surface area contributed by atoms with Crippen molar-refractivity contribution in [1.82, 2.24) is 5.32 Å². The van der Waals surface area contributed by atoms with Crippen LogP contribution in [0.4, 0.5) is 5.69 Å². The Morgan fingerprint density at radius 2 is 2.10 bits per heavy atom. The first-order chi connectivity index (χ1) is 9.70. The average Bonchev–Trinajstić information content (AvgIpc) is 2.82. The van der Waals surface area contributed by atoms with E-state index in [1.807, 2.05) is 30.0 Å². The molecule has 1 N–H and O–H groups in total. The number of carbonyl (C=O) groups is 2. The van der Waals surface area contributed by atoms with Crippen molar-refractivity contribution in [2.24, 2.45) is 0 Å². The number of nitrogens with zero attached hydrogens (tertiary/aromatic N) is 1. The number of anilines is 1.